The number of nitrogens with zero attached hydrogens (tertiary/aromatic N) is 8. The molecule has 0 aliphatic rings. The molecule has 0 spiro atoms. The highest BCUT2D eigenvalue weighted by molar-refractivity contribution is 6.23. The van der Waals surface area contributed by atoms with Gasteiger partial charge in [-0.05, 0) is 144 Å². The summed E-state index contributed by atoms with van der Waals surface area (Å²) < 4.78 is 18.4. The first-order chi connectivity index (χ1) is 60.6. The third-order valence-electron chi connectivity index (χ3n) is 24.5. The number of terminal acetylenes is 2. The first kappa shape index (κ1) is 69.0. The van der Waals surface area contributed by atoms with E-state index >= 15 is 0 Å². The van der Waals surface area contributed by atoms with Crippen LogP contribution in [-0.4, -0.2) is 36.5 Å². The van der Waals surface area contributed by atoms with Gasteiger partial charge in [0.1, 0.15) is 45.6 Å². The van der Waals surface area contributed by atoms with Crippen LogP contribution < -0.4 is 0 Å². The Morgan fingerprint density at radius 3 is 0.303 bits per heavy atom. The number of hydrogen-bond acceptors (Lipinski definition) is 0. The molecule has 0 aliphatic carbocycles. The quantitative estimate of drug-likeness (QED) is 0.136. The molecule has 0 bridgehead atoms. The van der Waals surface area contributed by atoms with Crippen molar-refractivity contribution in [3.63, 3.8) is 0 Å². The van der Waals surface area contributed by atoms with E-state index in [-0.39, 0.29) is 0 Å². The van der Waals surface area contributed by atoms with Crippen molar-refractivity contribution in [2.45, 2.75) is 0 Å². The smallest absolute Gasteiger partial charge is 0.131 e. The van der Waals surface area contributed by atoms with E-state index in [0.29, 0.717) is 45.6 Å². The van der Waals surface area contributed by atoms with Gasteiger partial charge in [0.05, 0.1) is 88.3 Å². The average molecular weight is 1550 g/mol. The molecule has 8 heterocycles. The van der Waals surface area contributed by atoms with Crippen LogP contribution in [0, 0.1) is 60.2 Å². The third kappa shape index (κ3) is 10.3. The molecule has 0 fully saturated rings. The van der Waals surface area contributed by atoms with E-state index in [0.717, 1.165) is 174 Å². The van der Waals surface area contributed by atoms with Gasteiger partial charge in [-0.25, -0.2) is 0 Å². The number of allylic oxidation sites excluding steroid dienone is 8. The predicted octanol–water partition coefficient (Wildman–Crippen LogP) is 27.2. The zero-order valence-electron chi connectivity index (χ0n) is 65.7. The van der Waals surface area contributed by atoms with Crippen molar-refractivity contribution < 1.29 is 0 Å². The van der Waals surface area contributed by atoms with Crippen LogP contribution in [0.15, 0.2) is 388 Å². The maximum Gasteiger partial charge on any atom is 0.131 e. The fourth-order valence-electron chi connectivity index (χ4n) is 19.5. The Morgan fingerprint density at radius 1 is 0.123 bits per heavy atom. The summed E-state index contributed by atoms with van der Waals surface area (Å²) in [7, 11) is 0. The Morgan fingerprint density at radius 2 is 0.205 bits per heavy atom. The van der Waals surface area contributed by atoms with Crippen molar-refractivity contribution >= 4 is 220 Å². The summed E-state index contributed by atoms with van der Waals surface area (Å²) in [6.07, 6.45) is 14.6. The maximum absolute atomic E-state index is 7.32. The van der Waals surface area contributed by atoms with E-state index < -0.39 is 0 Å². The molecule has 24 rings (SSSR count). The summed E-state index contributed by atoms with van der Waals surface area (Å²) in [6.45, 7) is 0. The van der Waals surface area contributed by atoms with Crippen LogP contribution in [0.4, 0.5) is 0 Å². The minimum atomic E-state index is 0.555. The molecular weight excluding hydrogens is 1480 g/mol. The first-order valence-electron chi connectivity index (χ1n) is 40.9. The average Bonchev–Trinajstić information content (AvgIpc) is 1.57. The van der Waals surface area contributed by atoms with Gasteiger partial charge in [0.15, 0.2) is 0 Å². The van der Waals surface area contributed by atoms with Gasteiger partial charge in [0, 0.05) is 86.2 Å². The molecule has 0 unspecified atom stereocenters. The lowest BCUT2D eigenvalue weighted by Gasteiger charge is -2.17. The Bertz CT molecular complexity index is 8200. The van der Waals surface area contributed by atoms with Crippen LogP contribution in [0.5, 0.6) is 0 Å². The molecule has 16 aromatic carbocycles. The lowest BCUT2D eigenvalue weighted by Crippen LogP contribution is -2.08. The SMILES string of the molecule is C#C/C(=C(/C#C/C(=C(/C#C/C(=C(/C#C/C(=C(/C#C)n1c2ccccc2c2ccccc21)n1c2ccccc2c2ccccc21)n1c2ccccc2c2ccccc21)n1c2ccccc2c2ccccc21)n1c2ccccc2c2ccccc21)n1c2ccccc2c2ccccc21)n1c2ccccc2c2ccccc21)n1c2ccccc2c2ccccc21. The van der Waals surface area contributed by atoms with Crippen LogP contribution in [0.1, 0.15) is 0 Å². The summed E-state index contributed by atoms with van der Waals surface area (Å²) in [5.41, 5.74) is 19.5. The van der Waals surface area contributed by atoms with Crippen LogP contribution in [0.2, 0.25) is 0 Å². The standard InChI is InChI=1S/C114H66N8/c1-3-91(115-93-53-21-5-37-75(93)76-38-6-22-54-94(76)115)109(117-97-57-25-9-41-79(97)80-42-10-26-58-98(80)117)69-71-111(119-101-61-29-13-45-83(101)84-46-14-30-62-102(84)119)113(121-105-65-33-17-49-87(105)88-50-18-34-66-106(88)121)73-74-114(122-107-67-35-19-51-89(107)90-52-20-36-68-108(90)122)112(120-103-63-31-15-47-85(103)86-48-16-32-64-104(86)120)72-70-110(118-99-59-27-11-43-81(99)82-44-12-28-60-100(82)118)92(4-2)116-95-55-23-7-39-77(95)78-40-8-24-56-96(78)116/h1-2,5-68H/b109-91+,110-92+,113-111+,114-112+. The molecule has 8 aromatic heterocycles. The van der Waals surface area contributed by atoms with Crippen molar-refractivity contribution in [3.05, 3.63) is 388 Å². The van der Waals surface area contributed by atoms with Crippen LogP contribution in [-0.2, 0) is 0 Å². The van der Waals surface area contributed by atoms with E-state index in [4.69, 9.17) is 12.8 Å². The summed E-state index contributed by atoms with van der Waals surface area (Å²) in [5.74, 6) is 31.8. The highest BCUT2D eigenvalue weighted by atomic mass is 15.1. The maximum atomic E-state index is 7.32. The van der Waals surface area contributed by atoms with Gasteiger partial charge in [-0.15, -0.1) is 12.8 Å². The Balaban J connectivity index is 0.929. The second-order valence-electron chi connectivity index (χ2n) is 30.8. The van der Waals surface area contributed by atoms with E-state index in [2.05, 4.69) is 472 Å². The van der Waals surface area contributed by atoms with Gasteiger partial charge in [-0.2, -0.15) is 0 Å². The summed E-state index contributed by atoms with van der Waals surface area (Å²) >= 11 is 0. The molecule has 8 nitrogen and oxygen atoms in total. The number of rotatable bonds is 8. The van der Waals surface area contributed by atoms with Gasteiger partial charge in [-0.3, -0.25) is 36.5 Å². The molecule has 0 radical (unpaired) electrons. The first-order valence-corrected chi connectivity index (χ1v) is 40.9. The molecule has 0 saturated heterocycles. The van der Waals surface area contributed by atoms with Crippen LogP contribution in [0.3, 0.4) is 0 Å². The topological polar surface area (TPSA) is 39.4 Å². The number of aromatic nitrogens is 8. The Labute approximate surface area is 700 Å². The van der Waals surface area contributed by atoms with Gasteiger partial charge in [0.25, 0.3) is 0 Å². The highest BCUT2D eigenvalue weighted by Gasteiger charge is 2.28. The van der Waals surface area contributed by atoms with Crippen molar-refractivity contribution in [2.24, 2.45) is 0 Å². The van der Waals surface area contributed by atoms with E-state index in [1.54, 1.807) is 0 Å². The summed E-state index contributed by atoms with van der Waals surface area (Å²) in [5, 5.41) is 16.8. The normalized spacial score (nSPS) is 12.7. The molecular formula is C114H66N8. The molecule has 0 N–H and O–H groups in total. The van der Waals surface area contributed by atoms with Crippen molar-refractivity contribution in [3.8, 4) is 60.2 Å². The molecule has 122 heavy (non-hydrogen) atoms. The van der Waals surface area contributed by atoms with Crippen molar-refractivity contribution in [2.75, 3.05) is 0 Å². The van der Waals surface area contributed by atoms with Crippen molar-refractivity contribution in [1.29, 1.82) is 0 Å². The Kier molecular flexibility index (Phi) is 15.7. The number of fused-ring (bicyclic) bond motifs is 24. The predicted molar refractivity (Wildman–Crippen MR) is 514 cm³/mol. The second kappa shape index (κ2) is 27.7. The zero-order valence-corrected chi connectivity index (χ0v) is 65.7. The van der Waals surface area contributed by atoms with Crippen molar-refractivity contribution in [1.82, 2.24) is 36.5 Å². The van der Waals surface area contributed by atoms with E-state index in [1.807, 2.05) is 0 Å². The Hall–Kier alpha value is -17.3. The molecule has 0 atom stereocenters. The van der Waals surface area contributed by atoms with Gasteiger partial charge in [0.2, 0.25) is 0 Å². The summed E-state index contributed by atoms with van der Waals surface area (Å²) in [6, 6.07) is 138. The molecule has 0 amide bonds. The molecule has 0 aliphatic heterocycles. The van der Waals surface area contributed by atoms with E-state index in [9.17, 15) is 0 Å². The highest BCUT2D eigenvalue weighted by Crippen LogP contribution is 2.45. The lowest BCUT2D eigenvalue weighted by atomic mass is 10.2. The summed E-state index contributed by atoms with van der Waals surface area (Å²) in [4.78, 5) is 0. The lowest BCUT2D eigenvalue weighted by molar-refractivity contribution is 1.18. The number of benzene rings is 16. The third-order valence-corrected chi connectivity index (χ3v) is 24.5. The molecule has 0 saturated carbocycles. The molecule has 24 aromatic rings. The molecule has 562 valence electrons. The molecule has 8 heteroatoms. The monoisotopic (exact) mass is 1550 g/mol. The van der Waals surface area contributed by atoms with Gasteiger partial charge < -0.3 is 0 Å². The number of para-hydroxylation sites is 16. The largest absolute Gasteiger partial charge is 0.300 e. The fourth-order valence-corrected chi connectivity index (χ4v) is 19.5. The van der Waals surface area contributed by atoms with E-state index in [1.165, 1.54) is 0 Å². The zero-order chi connectivity index (χ0) is 80.6. The van der Waals surface area contributed by atoms with Gasteiger partial charge in [-0.1, -0.05) is 291 Å². The fraction of sp³-hybridized carbons (Fsp3) is 0. The van der Waals surface area contributed by atoms with Crippen LogP contribution in [0.25, 0.3) is 220 Å². The minimum Gasteiger partial charge on any atom is -0.300 e. The van der Waals surface area contributed by atoms with Crippen LogP contribution >= 0.6 is 0 Å². The second-order valence-corrected chi connectivity index (χ2v) is 30.8. The van der Waals surface area contributed by atoms with Gasteiger partial charge >= 0.3 is 0 Å². The number of hydrogen-bond donors (Lipinski definition) is 0. The minimum absolute atomic E-state index is 0.555.